The standard InChI is InChI=1S/C37H46O6/c1-4-6-8-10-11-13-27-41-35(38)31-19-15-29(16-20-31)30-17-21-32(22-18-30)37(40)43-34-25-23-33(24-26-34)36(39)42-28(3)14-12-9-7-5-2/h15-26,28H,4-14,27H2,1-3H3/t28-/m0/s1. The first-order chi connectivity index (χ1) is 20.9. The quantitative estimate of drug-likeness (QED) is 0.0839. The molecule has 230 valence electrons. The number of unbranched alkanes of at least 4 members (excludes halogenated alkanes) is 8. The van der Waals surface area contributed by atoms with E-state index in [-0.39, 0.29) is 18.0 Å². The predicted molar refractivity (Wildman–Crippen MR) is 171 cm³/mol. The van der Waals surface area contributed by atoms with E-state index in [4.69, 9.17) is 14.2 Å². The van der Waals surface area contributed by atoms with Crippen LogP contribution in [0.1, 0.15) is 122 Å². The van der Waals surface area contributed by atoms with Crippen molar-refractivity contribution in [3.05, 3.63) is 89.5 Å². The van der Waals surface area contributed by atoms with Crippen LogP contribution in [0.15, 0.2) is 72.8 Å². The van der Waals surface area contributed by atoms with Gasteiger partial charge < -0.3 is 14.2 Å². The lowest BCUT2D eigenvalue weighted by Crippen LogP contribution is -2.15. The zero-order valence-corrected chi connectivity index (χ0v) is 25.9. The molecule has 0 amide bonds. The van der Waals surface area contributed by atoms with Crippen molar-refractivity contribution in [1.29, 1.82) is 0 Å². The first-order valence-electron chi connectivity index (χ1n) is 15.8. The molecule has 0 aliphatic rings. The topological polar surface area (TPSA) is 78.9 Å². The maximum atomic E-state index is 12.7. The number of rotatable bonds is 18. The molecule has 3 aromatic carbocycles. The highest BCUT2D eigenvalue weighted by Gasteiger charge is 2.14. The Morgan fingerprint density at radius 3 is 1.60 bits per heavy atom. The Morgan fingerprint density at radius 2 is 1.02 bits per heavy atom. The Hall–Kier alpha value is -3.93. The average molecular weight is 587 g/mol. The number of esters is 3. The highest BCUT2D eigenvalue weighted by atomic mass is 16.5. The zero-order chi connectivity index (χ0) is 30.9. The van der Waals surface area contributed by atoms with Crippen molar-refractivity contribution in [3.8, 4) is 16.9 Å². The van der Waals surface area contributed by atoms with E-state index in [0.717, 1.165) is 43.2 Å². The van der Waals surface area contributed by atoms with Crippen molar-refractivity contribution in [3.63, 3.8) is 0 Å². The number of hydrogen-bond donors (Lipinski definition) is 0. The molecule has 0 aliphatic heterocycles. The van der Waals surface area contributed by atoms with Crippen molar-refractivity contribution in [2.24, 2.45) is 0 Å². The number of benzene rings is 3. The van der Waals surface area contributed by atoms with Gasteiger partial charge in [0.05, 0.1) is 29.4 Å². The van der Waals surface area contributed by atoms with E-state index in [0.29, 0.717) is 29.0 Å². The van der Waals surface area contributed by atoms with Crippen LogP contribution in [0.3, 0.4) is 0 Å². The van der Waals surface area contributed by atoms with Gasteiger partial charge in [-0.3, -0.25) is 0 Å². The van der Waals surface area contributed by atoms with Crippen LogP contribution in [-0.2, 0) is 9.47 Å². The highest BCUT2D eigenvalue weighted by Crippen LogP contribution is 2.22. The van der Waals surface area contributed by atoms with Crippen LogP contribution in [-0.4, -0.2) is 30.6 Å². The minimum Gasteiger partial charge on any atom is -0.462 e. The van der Waals surface area contributed by atoms with E-state index in [9.17, 15) is 14.4 Å². The number of carbonyl (C=O) groups excluding carboxylic acids is 3. The Balaban J connectivity index is 1.46. The first-order valence-corrected chi connectivity index (χ1v) is 15.8. The summed E-state index contributed by atoms with van der Waals surface area (Å²) in [6, 6.07) is 20.7. The van der Waals surface area contributed by atoms with Gasteiger partial charge in [-0.25, -0.2) is 14.4 Å². The van der Waals surface area contributed by atoms with Gasteiger partial charge >= 0.3 is 17.9 Å². The predicted octanol–water partition coefficient (Wildman–Crippen LogP) is 9.61. The summed E-state index contributed by atoms with van der Waals surface area (Å²) in [6.07, 6.45) is 12.1. The van der Waals surface area contributed by atoms with Crippen molar-refractivity contribution in [2.45, 2.75) is 97.5 Å². The fourth-order valence-electron chi connectivity index (χ4n) is 4.72. The molecule has 0 aliphatic carbocycles. The van der Waals surface area contributed by atoms with E-state index in [1.54, 1.807) is 48.5 Å². The first kappa shape index (κ1) is 33.6. The van der Waals surface area contributed by atoms with Gasteiger partial charge in [0.1, 0.15) is 5.75 Å². The minimum atomic E-state index is -0.494. The molecule has 0 saturated heterocycles. The molecule has 3 rings (SSSR count). The monoisotopic (exact) mass is 586 g/mol. The zero-order valence-electron chi connectivity index (χ0n) is 25.9. The third-order valence-electron chi connectivity index (χ3n) is 7.38. The molecule has 6 heteroatoms. The fraction of sp³-hybridized carbons (Fsp3) is 0.432. The van der Waals surface area contributed by atoms with Gasteiger partial charge in [-0.1, -0.05) is 89.5 Å². The van der Waals surface area contributed by atoms with E-state index in [1.807, 2.05) is 31.2 Å². The molecular weight excluding hydrogens is 540 g/mol. The molecule has 0 heterocycles. The summed E-state index contributed by atoms with van der Waals surface area (Å²) in [5.41, 5.74) is 3.17. The van der Waals surface area contributed by atoms with Crippen LogP contribution >= 0.6 is 0 Å². The van der Waals surface area contributed by atoms with Crippen molar-refractivity contribution < 1.29 is 28.6 Å². The maximum absolute atomic E-state index is 12.7. The highest BCUT2D eigenvalue weighted by molar-refractivity contribution is 5.93. The summed E-state index contributed by atoms with van der Waals surface area (Å²) in [7, 11) is 0. The third kappa shape index (κ3) is 11.7. The molecule has 0 radical (unpaired) electrons. The fourth-order valence-corrected chi connectivity index (χ4v) is 4.72. The largest absolute Gasteiger partial charge is 0.462 e. The summed E-state index contributed by atoms with van der Waals surface area (Å²) in [5, 5.41) is 0. The van der Waals surface area contributed by atoms with Crippen molar-refractivity contribution in [1.82, 2.24) is 0 Å². The second kappa shape index (κ2) is 18.6. The Kier molecular flexibility index (Phi) is 14.5. The molecule has 6 nitrogen and oxygen atoms in total. The molecule has 0 bridgehead atoms. The van der Waals surface area contributed by atoms with Gasteiger partial charge in [0.25, 0.3) is 0 Å². The molecule has 1 atom stereocenters. The van der Waals surface area contributed by atoms with Crippen LogP contribution in [0, 0.1) is 0 Å². The lowest BCUT2D eigenvalue weighted by atomic mass is 10.0. The second-order valence-corrected chi connectivity index (χ2v) is 11.0. The summed E-state index contributed by atoms with van der Waals surface area (Å²) < 4.78 is 16.4. The SMILES string of the molecule is CCCCCCCCOC(=O)c1ccc(-c2ccc(C(=O)Oc3ccc(C(=O)O[C@@H](C)CCCCCC)cc3)cc2)cc1. The van der Waals surface area contributed by atoms with Gasteiger partial charge in [0, 0.05) is 0 Å². The Morgan fingerprint density at radius 1 is 0.558 bits per heavy atom. The van der Waals surface area contributed by atoms with Gasteiger partial charge in [-0.05, 0) is 85.8 Å². The van der Waals surface area contributed by atoms with Gasteiger partial charge in [-0.15, -0.1) is 0 Å². The van der Waals surface area contributed by atoms with E-state index < -0.39 is 5.97 Å². The van der Waals surface area contributed by atoms with E-state index in [1.165, 1.54) is 38.5 Å². The van der Waals surface area contributed by atoms with Crippen LogP contribution in [0.4, 0.5) is 0 Å². The van der Waals surface area contributed by atoms with Gasteiger partial charge in [0.2, 0.25) is 0 Å². The number of carbonyl (C=O) groups is 3. The molecule has 0 fully saturated rings. The van der Waals surface area contributed by atoms with Crippen molar-refractivity contribution >= 4 is 17.9 Å². The molecule has 0 N–H and O–H groups in total. The summed E-state index contributed by atoms with van der Waals surface area (Å²) in [4.78, 5) is 37.5. The van der Waals surface area contributed by atoms with E-state index in [2.05, 4.69) is 13.8 Å². The summed E-state index contributed by atoms with van der Waals surface area (Å²) in [5.74, 6) is -0.840. The number of hydrogen-bond acceptors (Lipinski definition) is 6. The lowest BCUT2D eigenvalue weighted by Gasteiger charge is -2.13. The van der Waals surface area contributed by atoms with Gasteiger partial charge in [-0.2, -0.15) is 0 Å². The molecular formula is C37H46O6. The molecule has 0 aromatic heterocycles. The molecule has 3 aromatic rings. The van der Waals surface area contributed by atoms with Crippen LogP contribution in [0.2, 0.25) is 0 Å². The minimum absolute atomic E-state index is 0.140. The molecule has 43 heavy (non-hydrogen) atoms. The number of ether oxygens (including phenoxy) is 3. The maximum Gasteiger partial charge on any atom is 0.343 e. The smallest absolute Gasteiger partial charge is 0.343 e. The average Bonchev–Trinajstić information content (AvgIpc) is 3.03. The second-order valence-electron chi connectivity index (χ2n) is 11.0. The van der Waals surface area contributed by atoms with E-state index >= 15 is 0 Å². The van der Waals surface area contributed by atoms with Crippen LogP contribution in [0.5, 0.6) is 5.75 Å². The Labute approximate surface area is 256 Å². The normalized spacial score (nSPS) is 11.5. The van der Waals surface area contributed by atoms with Gasteiger partial charge in [0.15, 0.2) is 0 Å². The van der Waals surface area contributed by atoms with Crippen LogP contribution < -0.4 is 4.74 Å². The lowest BCUT2D eigenvalue weighted by molar-refractivity contribution is 0.0319. The molecule has 0 saturated carbocycles. The summed E-state index contributed by atoms with van der Waals surface area (Å²) >= 11 is 0. The van der Waals surface area contributed by atoms with Crippen LogP contribution in [0.25, 0.3) is 11.1 Å². The third-order valence-corrected chi connectivity index (χ3v) is 7.38. The Bertz CT molecular complexity index is 1260. The molecule has 0 spiro atoms. The molecule has 0 unspecified atom stereocenters. The van der Waals surface area contributed by atoms with Crippen molar-refractivity contribution in [2.75, 3.05) is 6.61 Å². The summed E-state index contributed by atoms with van der Waals surface area (Å²) in [6.45, 7) is 6.72.